The van der Waals surface area contributed by atoms with E-state index in [2.05, 4.69) is 140 Å². The Morgan fingerprint density at radius 3 is 1.37 bits per heavy atom. The SMILES string of the molecule is CC(C)(CC1=C(OCC2CO2)C(C(C)(C)CC2=C(OCC3CO3)C=CCC2)=CCC1)C1=CCCC=C1OCC1CN(c2ccc(Cc3ccc(N4CC(COc5ccccc5CC(C)(C)C5=CCCCC(CC(C)(C)C6=CCCC=C6OCC6CO6)=C5OCC5CO5)OC4=O)cc3)cc2)C(=O)O1. The van der Waals surface area contributed by atoms with E-state index in [0.29, 0.717) is 52.4 Å². The number of carbonyl (C=O) groups excluding carboxylic acids is 2. The van der Waals surface area contributed by atoms with Crippen molar-refractivity contribution in [3.8, 4) is 5.75 Å². The molecule has 3 aromatic carbocycles. The van der Waals surface area contributed by atoms with Crippen LogP contribution in [0, 0.1) is 21.7 Å². The van der Waals surface area contributed by atoms with Gasteiger partial charge in [0, 0.05) is 11.4 Å². The van der Waals surface area contributed by atoms with Crippen molar-refractivity contribution in [2.75, 3.05) is 89.0 Å². The molecular weight excluding hydrogens is 1280 g/mol. The van der Waals surface area contributed by atoms with Gasteiger partial charge in [0.1, 0.15) is 98.6 Å². The maximum absolute atomic E-state index is 13.5. The third kappa shape index (κ3) is 17.9. The number of hydrogen-bond acceptors (Lipinski definition) is 14. The molecule has 6 atom stereocenters. The Morgan fingerprint density at radius 1 is 0.412 bits per heavy atom. The zero-order chi connectivity index (χ0) is 70.6. The highest BCUT2D eigenvalue weighted by atomic mass is 16.6. The average Bonchev–Trinajstić information content (AvgIpc) is 1.75. The van der Waals surface area contributed by atoms with Gasteiger partial charge in [-0.25, -0.2) is 9.59 Å². The molecule has 544 valence electrons. The number of hydrogen-bond donors (Lipinski definition) is 0. The van der Waals surface area contributed by atoms with Gasteiger partial charge in [-0.3, -0.25) is 9.80 Å². The largest absolute Gasteiger partial charge is 0.491 e. The summed E-state index contributed by atoms with van der Waals surface area (Å²) >= 11 is 0. The quantitative estimate of drug-likeness (QED) is 0.0519. The summed E-state index contributed by atoms with van der Waals surface area (Å²) in [6.45, 7) is 25.1. The molecule has 6 aliphatic heterocycles. The summed E-state index contributed by atoms with van der Waals surface area (Å²) in [6.07, 6.45) is 31.9. The first kappa shape index (κ1) is 71.2. The lowest BCUT2D eigenvalue weighted by molar-refractivity contribution is 0.0767. The number of carbonyl (C=O) groups is 2. The van der Waals surface area contributed by atoms with Crippen molar-refractivity contribution in [3.05, 3.63) is 206 Å². The summed E-state index contributed by atoms with van der Waals surface area (Å²) in [5, 5.41) is 0. The molecule has 5 aliphatic carbocycles. The van der Waals surface area contributed by atoms with Crippen molar-refractivity contribution in [1.82, 2.24) is 0 Å². The van der Waals surface area contributed by atoms with Gasteiger partial charge in [0.15, 0.2) is 12.2 Å². The normalized spacial score (nSPS) is 24.4. The molecule has 102 heavy (non-hydrogen) atoms. The molecule has 6 fully saturated rings. The van der Waals surface area contributed by atoms with E-state index in [4.69, 9.17) is 56.8 Å². The summed E-state index contributed by atoms with van der Waals surface area (Å²) in [6, 6.07) is 24.4. The summed E-state index contributed by atoms with van der Waals surface area (Å²) in [5.41, 5.74) is 12.8. The van der Waals surface area contributed by atoms with E-state index in [1.54, 1.807) is 9.80 Å². The third-order valence-electron chi connectivity index (χ3n) is 21.7. The maximum Gasteiger partial charge on any atom is 0.414 e. The molecular formula is C86H106N2O14. The molecule has 0 saturated carbocycles. The van der Waals surface area contributed by atoms with E-state index in [1.165, 1.54) is 39.0 Å². The summed E-state index contributed by atoms with van der Waals surface area (Å²) in [4.78, 5) is 30.4. The monoisotopic (exact) mass is 1390 g/mol. The summed E-state index contributed by atoms with van der Waals surface area (Å²) in [5.74, 6) is 5.67. The Morgan fingerprint density at radius 2 is 0.833 bits per heavy atom. The lowest BCUT2D eigenvalue weighted by Crippen LogP contribution is -2.27. The van der Waals surface area contributed by atoms with Crippen LogP contribution in [0.4, 0.5) is 21.0 Å². The highest BCUT2D eigenvalue weighted by molar-refractivity contribution is 5.90. The van der Waals surface area contributed by atoms with Gasteiger partial charge in [0.25, 0.3) is 0 Å². The van der Waals surface area contributed by atoms with Gasteiger partial charge in [0.2, 0.25) is 0 Å². The molecule has 2 amide bonds. The predicted molar refractivity (Wildman–Crippen MR) is 394 cm³/mol. The number of amides is 2. The van der Waals surface area contributed by atoms with Crippen LogP contribution in [-0.4, -0.2) is 128 Å². The van der Waals surface area contributed by atoms with Crippen molar-refractivity contribution < 1.29 is 66.4 Å². The average molecular weight is 1390 g/mol. The van der Waals surface area contributed by atoms with Gasteiger partial charge in [0.05, 0.1) is 39.5 Å². The fourth-order valence-corrected chi connectivity index (χ4v) is 15.9. The molecule has 3 aromatic rings. The molecule has 6 saturated heterocycles. The Hall–Kier alpha value is -7.76. The second-order valence-electron chi connectivity index (χ2n) is 32.2. The molecule has 16 heteroatoms. The van der Waals surface area contributed by atoms with E-state index in [1.807, 2.05) is 36.4 Å². The number of nitrogens with zero attached hydrogens (tertiary/aromatic N) is 2. The molecule has 0 spiro atoms. The van der Waals surface area contributed by atoms with Crippen molar-refractivity contribution in [1.29, 1.82) is 0 Å². The van der Waals surface area contributed by atoms with Crippen LogP contribution < -0.4 is 14.5 Å². The molecule has 0 N–H and O–H groups in total. The second-order valence-corrected chi connectivity index (χ2v) is 32.2. The Bertz CT molecular complexity index is 3890. The van der Waals surface area contributed by atoms with E-state index < -0.39 is 18.3 Å². The molecule has 6 unspecified atom stereocenters. The molecule has 0 radical (unpaired) electrons. The van der Waals surface area contributed by atoms with Gasteiger partial charge in [-0.1, -0.05) is 128 Å². The van der Waals surface area contributed by atoms with Gasteiger partial charge in [-0.15, -0.1) is 0 Å². The number of anilines is 2. The van der Waals surface area contributed by atoms with Crippen molar-refractivity contribution in [2.24, 2.45) is 21.7 Å². The number of para-hydroxylation sites is 1. The second kappa shape index (κ2) is 30.9. The standard InChI is InChI=1S/C86H106N2O14/c1-83(2,72-25-14-18-31-78(72)98-54-68-50-92-68)43-61-22-9-12-26-73(79(61)99-55-69-51-93-69)85(5,6)41-59-20-10-15-28-75(59)95-47-65-45-87(81(89)101-65)63-36-32-57(33-37-63)40-58-34-38-64(39-35-58)88-46-66(102-82(88)90)48-97-77-30-17-13-24-71(77)84(3,4)44-62-23-19-27-74(80(62)100-56-70-52-94-70)86(7,8)42-60-21-11-16-29-76(60)96-53-67-49-91-67/h10,15-16,20,24-39,65-70H,9,11-14,17-19,21-23,40-56H2,1-8H3. The summed E-state index contributed by atoms with van der Waals surface area (Å²) < 4.78 is 74.0. The number of epoxide rings is 4. The lowest BCUT2D eigenvalue weighted by Gasteiger charge is -2.37. The van der Waals surface area contributed by atoms with Gasteiger partial charge in [-0.05, 0) is 229 Å². The van der Waals surface area contributed by atoms with E-state index >= 15 is 0 Å². The molecule has 11 aliphatic rings. The number of ether oxygens (including phenoxy) is 12. The molecule has 14 rings (SSSR count). The minimum atomic E-state index is -0.464. The first-order valence-corrected chi connectivity index (χ1v) is 37.8. The van der Waals surface area contributed by atoms with Crippen LogP contribution >= 0.6 is 0 Å². The Labute approximate surface area is 604 Å². The smallest absolute Gasteiger partial charge is 0.414 e. The van der Waals surface area contributed by atoms with Crippen LogP contribution in [0.2, 0.25) is 0 Å². The minimum Gasteiger partial charge on any atom is -0.491 e. The van der Waals surface area contributed by atoms with Crippen LogP contribution in [0.5, 0.6) is 5.75 Å². The van der Waals surface area contributed by atoms with Crippen LogP contribution in [-0.2, 0) is 64.9 Å². The Balaban J connectivity index is 0.559. The van der Waals surface area contributed by atoms with Crippen LogP contribution in [0.15, 0.2) is 189 Å². The molecule has 6 heterocycles. The third-order valence-corrected chi connectivity index (χ3v) is 21.7. The number of allylic oxidation sites excluding steroid dienone is 15. The topological polar surface area (TPSA) is 165 Å². The van der Waals surface area contributed by atoms with Gasteiger partial charge >= 0.3 is 12.2 Å². The lowest BCUT2D eigenvalue weighted by atomic mass is 9.70. The van der Waals surface area contributed by atoms with Crippen molar-refractivity contribution >= 4 is 23.6 Å². The van der Waals surface area contributed by atoms with Crippen LogP contribution in [0.1, 0.15) is 162 Å². The number of rotatable bonds is 34. The van der Waals surface area contributed by atoms with Crippen LogP contribution in [0.3, 0.4) is 0 Å². The van der Waals surface area contributed by atoms with E-state index in [9.17, 15) is 9.59 Å². The number of cyclic esters (lactones) is 2. The summed E-state index contributed by atoms with van der Waals surface area (Å²) in [7, 11) is 0. The highest BCUT2D eigenvalue weighted by Gasteiger charge is 2.42. The molecule has 0 bridgehead atoms. The first-order chi connectivity index (χ1) is 49.3. The first-order valence-electron chi connectivity index (χ1n) is 37.8. The van der Waals surface area contributed by atoms with Crippen molar-refractivity contribution in [2.45, 2.75) is 195 Å². The minimum absolute atomic E-state index is 0.120. The van der Waals surface area contributed by atoms with E-state index in [-0.39, 0.29) is 65.4 Å². The highest BCUT2D eigenvalue weighted by Crippen LogP contribution is 2.51. The van der Waals surface area contributed by atoms with Gasteiger partial charge in [-0.2, -0.15) is 0 Å². The van der Waals surface area contributed by atoms with Gasteiger partial charge < -0.3 is 56.8 Å². The van der Waals surface area contributed by atoms with E-state index in [0.717, 1.165) is 179 Å². The van der Waals surface area contributed by atoms with Crippen molar-refractivity contribution in [3.63, 3.8) is 0 Å². The fraction of sp³-hybridized carbons (Fsp3) is 0.535. The zero-order valence-corrected chi connectivity index (χ0v) is 61.4. The predicted octanol–water partition coefficient (Wildman–Crippen LogP) is 17.7. The number of benzene rings is 3. The molecule has 0 aromatic heterocycles. The maximum atomic E-state index is 13.5. The Kier molecular flexibility index (Phi) is 21.6. The molecule has 16 nitrogen and oxygen atoms in total. The van der Waals surface area contributed by atoms with Crippen LogP contribution in [0.25, 0.3) is 0 Å². The zero-order valence-electron chi connectivity index (χ0n) is 61.4. The fourth-order valence-electron chi connectivity index (χ4n) is 15.9.